The maximum atomic E-state index is 5.71. The third-order valence-electron chi connectivity index (χ3n) is 4.45. The van der Waals surface area contributed by atoms with Crippen molar-refractivity contribution in [1.82, 2.24) is 5.32 Å². The predicted molar refractivity (Wildman–Crippen MR) is 78.8 cm³/mol. The number of nitrogens with one attached hydrogen (secondary N) is 1. The Morgan fingerprint density at radius 3 is 2.39 bits per heavy atom. The molecule has 1 fully saturated rings. The summed E-state index contributed by atoms with van der Waals surface area (Å²) in [5.74, 6) is 3.31. The molecule has 18 heavy (non-hydrogen) atoms. The highest BCUT2D eigenvalue weighted by Gasteiger charge is 2.31. The van der Waals surface area contributed by atoms with Crippen LogP contribution >= 0.6 is 0 Å². The van der Waals surface area contributed by atoms with Gasteiger partial charge in [-0.3, -0.25) is 0 Å². The van der Waals surface area contributed by atoms with Crippen LogP contribution in [0.5, 0.6) is 0 Å². The molecule has 3 atom stereocenters. The Kier molecular flexibility index (Phi) is 7.25. The molecule has 3 unspecified atom stereocenters. The molecule has 1 aliphatic rings. The number of ether oxygens (including phenoxy) is 1. The molecule has 1 aliphatic carbocycles. The van der Waals surface area contributed by atoms with Gasteiger partial charge in [0, 0.05) is 19.3 Å². The van der Waals surface area contributed by atoms with Crippen molar-refractivity contribution in [2.24, 2.45) is 23.7 Å². The molecule has 2 heteroatoms. The van der Waals surface area contributed by atoms with Gasteiger partial charge in [0.25, 0.3) is 0 Å². The molecule has 0 bridgehead atoms. The lowest BCUT2D eigenvalue weighted by Gasteiger charge is -2.38. The van der Waals surface area contributed by atoms with E-state index in [1.807, 2.05) is 0 Å². The molecule has 1 rings (SSSR count). The normalized spacial score (nSPS) is 29.2. The average molecular weight is 255 g/mol. The number of rotatable bonds is 7. The molecule has 2 nitrogen and oxygen atoms in total. The van der Waals surface area contributed by atoms with Crippen molar-refractivity contribution in [2.45, 2.75) is 59.9 Å². The molecular formula is C16H33NO. The lowest BCUT2D eigenvalue weighted by molar-refractivity contribution is 0.0420. The molecule has 0 aromatic heterocycles. The minimum atomic E-state index is 0.598. The van der Waals surface area contributed by atoms with E-state index in [1.54, 1.807) is 0 Å². The van der Waals surface area contributed by atoms with Crippen LogP contribution < -0.4 is 5.32 Å². The number of hydrogen-bond donors (Lipinski definition) is 1. The quantitative estimate of drug-likeness (QED) is 0.749. The molecule has 0 saturated heterocycles. The van der Waals surface area contributed by atoms with Gasteiger partial charge in [0.2, 0.25) is 0 Å². The van der Waals surface area contributed by atoms with Gasteiger partial charge in [-0.05, 0) is 56.4 Å². The lowest BCUT2D eigenvalue weighted by atomic mass is 9.71. The molecule has 108 valence electrons. The van der Waals surface area contributed by atoms with Crippen LogP contribution in [0.15, 0.2) is 0 Å². The topological polar surface area (TPSA) is 21.3 Å². The van der Waals surface area contributed by atoms with Crippen LogP contribution in [0.4, 0.5) is 0 Å². The molecule has 0 aromatic rings. The van der Waals surface area contributed by atoms with E-state index in [2.05, 4.69) is 39.9 Å². The van der Waals surface area contributed by atoms with Crippen molar-refractivity contribution < 1.29 is 4.74 Å². The first kappa shape index (κ1) is 16.0. The first-order chi connectivity index (χ1) is 8.54. The zero-order valence-corrected chi connectivity index (χ0v) is 13.0. The van der Waals surface area contributed by atoms with Crippen LogP contribution in [0, 0.1) is 23.7 Å². The van der Waals surface area contributed by atoms with Crippen LogP contribution in [-0.2, 0) is 4.74 Å². The van der Waals surface area contributed by atoms with Crippen LogP contribution in [0.25, 0.3) is 0 Å². The second kappa shape index (κ2) is 8.16. The zero-order chi connectivity index (χ0) is 13.5. The summed E-state index contributed by atoms with van der Waals surface area (Å²) in [6.45, 7) is 14.3. The van der Waals surface area contributed by atoms with E-state index in [9.17, 15) is 0 Å². The fraction of sp³-hybridized carbons (Fsp3) is 1.00. The van der Waals surface area contributed by atoms with Crippen LogP contribution in [-0.4, -0.2) is 25.8 Å². The fourth-order valence-corrected chi connectivity index (χ4v) is 3.10. The zero-order valence-electron chi connectivity index (χ0n) is 13.0. The second-order valence-corrected chi connectivity index (χ2v) is 6.56. The van der Waals surface area contributed by atoms with Gasteiger partial charge in [0.15, 0.2) is 0 Å². The summed E-state index contributed by atoms with van der Waals surface area (Å²) in [6.07, 6.45) is 4.15. The van der Waals surface area contributed by atoms with E-state index in [1.165, 1.54) is 25.8 Å². The summed E-state index contributed by atoms with van der Waals surface area (Å²) in [7, 11) is 0. The van der Waals surface area contributed by atoms with Crippen LogP contribution in [0.2, 0.25) is 0 Å². The minimum Gasteiger partial charge on any atom is -0.381 e. The van der Waals surface area contributed by atoms with Crippen LogP contribution in [0.1, 0.15) is 53.9 Å². The third kappa shape index (κ3) is 5.27. The van der Waals surface area contributed by atoms with Gasteiger partial charge in [-0.25, -0.2) is 0 Å². The standard InChI is InChI=1S/C16H33NO/c1-6-18-11-16-9-14(12(2)3)7-8-15(16)10-17-13(4)5/h12-17H,6-11H2,1-5H3. The summed E-state index contributed by atoms with van der Waals surface area (Å²) >= 11 is 0. The maximum absolute atomic E-state index is 5.71. The Labute approximate surface area is 114 Å². The highest BCUT2D eigenvalue weighted by atomic mass is 16.5. The average Bonchev–Trinajstić information content (AvgIpc) is 2.33. The van der Waals surface area contributed by atoms with Crippen molar-refractivity contribution in [3.8, 4) is 0 Å². The summed E-state index contributed by atoms with van der Waals surface area (Å²) in [6, 6.07) is 0.598. The van der Waals surface area contributed by atoms with E-state index in [0.29, 0.717) is 6.04 Å². The minimum absolute atomic E-state index is 0.598. The summed E-state index contributed by atoms with van der Waals surface area (Å²) < 4.78 is 5.71. The molecule has 0 amide bonds. The molecule has 1 N–H and O–H groups in total. The maximum Gasteiger partial charge on any atom is 0.0497 e. The molecule has 1 saturated carbocycles. The summed E-state index contributed by atoms with van der Waals surface area (Å²) in [4.78, 5) is 0. The van der Waals surface area contributed by atoms with Gasteiger partial charge < -0.3 is 10.1 Å². The molecule has 0 heterocycles. The van der Waals surface area contributed by atoms with E-state index in [-0.39, 0.29) is 0 Å². The van der Waals surface area contributed by atoms with Crippen molar-refractivity contribution in [3.05, 3.63) is 0 Å². The SMILES string of the molecule is CCOCC1CC(C(C)C)CCC1CNC(C)C. The third-order valence-corrected chi connectivity index (χ3v) is 4.45. The molecule has 0 radical (unpaired) electrons. The predicted octanol–water partition coefficient (Wildman–Crippen LogP) is 3.71. The van der Waals surface area contributed by atoms with Crippen molar-refractivity contribution in [2.75, 3.05) is 19.8 Å². The van der Waals surface area contributed by atoms with Gasteiger partial charge in [0.1, 0.15) is 0 Å². The van der Waals surface area contributed by atoms with Crippen molar-refractivity contribution >= 4 is 0 Å². The lowest BCUT2D eigenvalue weighted by Crippen LogP contribution is -2.38. The fourth-order valence-electron chi connectivity index (χ4n) is 3.10. The molecular weight excluding hydrogens is 222 g/mol. The van der Waals surface area contributed by atoms with Gasteiger partial charge in [-0.2, -0.15) is 0 Å². The van der Waals surface area contributed by atoms with Crippen LogP contribution in [0.3, 0.4) is 0 Å². The number of hydrogen-bond acceptors (Lipinski definition) is 2. The first-order valence-corrected chi connectivity index (χ1v) is 7.85. The Hall–Kier alpha value is -0.0800. The Morgan fingerprint density at radius 2 is 1.83 bits per heavy atom. The smallest absolute Gasteiger partial charge is 0.0497 e. The van der Waals surface area contributed by atoms with Gasteiger partial charge >= 0.3 is 0 Å². The summed E-state index contributed by atoms with van der Waals surface area (Å²) in [5, 5.41) is 3.61. The van der Waals surface area contributed by atoms with E-state index in [0.717, 1.165) is 36.9 Å². The second-order valence-electron chi connectivity index (χ2n) is 6.56. The molecule has 0 spiro atoms. The van der Waals surface area contributed by atoms with Gasteiger partial charge in [0.05, 0.1) is 0 Å². The monoisotopic (exact) mass is 255 g/mol. The van der Waals surface area contributed by atoms with Crippen molar-refractivity contribution in [3.63, 3.8) is 0 Å². The Balaban J connectivity index is 2.48. The first-order valence-electron chi connectivity index (χ1n) is 7.85. The van der Waals surface area contributed by atoms with Gasteiger partial charge in [-0.15, -0.1) is 0 Å². The van der Waals surface area contributed by atoms with Crippen molar-refractivity contribution in [1.29, 1.82) is 0 Å². The van der Waals surface area contributed by atoms with E-state index < -0.39 is 0 Å². The van der Waals surface area contributed by atoms with E-state index in [4.69, 9.17) is 4.74 Å². The summed E-state index contributed by atoms with van der Waals surface area (Å²) in [5.41, 5.74) is 0. The molecule has 0 aromatic carbocycles. The Morgan fingerprint density at radius 1 is 1.11 bits per heavy atom. The van der Waals surface area contributed by atoms with Gasteiger partial charge in [-0.1, -0.05) is 27.7 Å². The largest absolute Gasteiger partial charge is 0.381 e. The molecule has 0 aliphatic heterocycles. The van der Waals surface area contributed by atoms with E-state index >= 15 is 0 Å². The highest BCUT2D eigenvalue weighted by molar-refractivity contribution is 4.83. The highest BCUT2D eigenvalue weighted by Crippen LogP contribution is 2.37. The Bertz CT molecular complexity index is 215.